The predicted molar refractivity (Wildman–Crippen MR) is 83.7 cm³/mol. The number of ether oxygens (including phenoxy) is 1. The highest BCUT2D eigenvalue weighted by molar-refractivity contribution is 5.22. The third-order valence-corrected chi connectivity index (χ3v) is 4.11. The number of hydrogen-bond donors (Lipinski definition) is 1. The molecule has 1 fully saturated rings. The van der Waals surface area contributed by atoms with Crippen molar-refractivity contribution in [1.82, 2.24) is 10.2 Å². The second kappa shape index (κ2) is 7.77. The van der Waals surface area contributed by atoms with Crippen molar-refractivity contribution in [3.05, 3.63) is 35.4 Å². The van der Waals surface area contributed by atoms with Gasteiger partial charge in [-0.2, -0.15) is 0 Å². The lowest BCUT2D eigenvalue weighted by atomic mass is 10.1. The molecule has 2 rings (SSSR count). The monoisotopic (exact) mass is 276 g/mol. The number of hydrogen-bond acceptors (Lipinski definition) is 3. The van der Waals surface area contributed by atoms with Crippen LogP contribution in [0.5, 0.6) is 0 Å². The van der Waals surface area contributed by atoms with E-state index in [1.165, 1.54) is 30.6 Å². The van der Waals surface area contributed by atoms with Crippen molar-refractivity contribution in [2.24, 2.45) is 5.92 Å². The fourth-order valence-corrected chi connectivity index (χ4v) is 2.91. The van der Waals surface area contributed by atoms with Gasteiger partial charge in [0, 0.05) is 26.2 Å². The van der Waals surface area contributed by atoms with Crippen molar-refractivity contribution in [2.45, 2.75) is 39.5 Å². The fraction of sp³-hybridized carbons (Fsp3) is 0.647. The van der Waals surface area contributed by atoms with Crippen LogP contribution >= 0.6 is 0 Å². The first-order chi connectivity index (χ1) is 9.69. The largest absolute Gasteiger partial charge is 0.380 e. The Hall–Kier alpha value is -0.900. The first kappa shape index (κ1) is 15.5. The second-order valence-electron chi connectivity index (χ2n) is 6.13. The molecule has 1 aromatic carbocycles. The summed E-state index contributed by atoms with van der Waals surface area (Å²) in [6, 6.07) is 9.32. The summed E-state index contributed by atoms with van der Waals surface area (Å²) in [5.41, 5.74) is 2.59. The van der Waals surface area contributed by atoms with E-state index in [1.54, 1.807) is 7.11 Å². The van der Waals surface area contributed by atoms with Crippen molar-refractivity contribution >= 4 is 0 Å². The summed E-state index contributed by atoms with van der Waals surface area (Å²) in [6.45, 7) is 9.85. The number of likely N-dealkylation sites (tertiary alicyclic amines) is 1. The van der Waals surface area contributed by atoms with Gasteiger partial charge in [0.25, 0.3) is 0 Å². The Bertz CT molecular complexity index is 406. The number of nitrogens with one attached hydrogen (secondary N) is 1. The van der Waals surface area contributed by atoms with Crippen molar-refractivity contribution in [3.63, 3.8) is 0 Å². The molecule has 0 saturated carbocycles. The molecule has 0 aromatic heterocycles. The summed E-state index contributed by atoms with van der Waals surface area (Å²) in [7, 11) is 1.74. The molecule has 1 saturated heterocycles. The van der Waals surface area contributed by atoms with Crippen molar-refractivity contribution < 1.29 is 4.74 Å². The standard InChI is InChI=1S/C17H28N2O/c1-14(2)19-8-7-17(12-19)11-18-10-15-5-4-6-16(9-15)13-20-3/h4-6,9,14,17-18H,7-8,10-13H2,1-3H3. The van der Waals surface area contributed by atoms with Crippen LogP contribution in [-0.4, -0.2) is 37.7 Å². The normalized spacial score (nSPS) is 19.9. The quantitative estimate of drug-likeness (QED) is 0.828. The summed E-state index contributed by atoms with van der Waals surface area (Å²) < 4.78 is 5.18. The molecule has 0 aliphatic carbocycles. The van der Waals surface area contributed by atoms with E-state index in [2.05, 4.69) is 48.3 Å². The summed E-state index contributed by atoms with van der Waals surface area (Å²) in [5.74, 6) is 0.805. The van der Waals surface area contributed by atoms with Gasteiger partial charge in [0.1, 0.15) is 0 Å². The van der Waals surface area contributed by atoms with Gasteiger partial charge in [-0.1, -0.05) is 24.3 Å². The Kier molecular flexibility index (Phi) is 6.02. The maximum Gasteiger partial charge on any atom is 0.0713 e. The molecule has 20 heavy (non-hydrogen) atoms. The van der Waals surface area contributed by atoms with Crippen LogP contribution in [0.4, 0.5) is 0 Å². The van der Waals surface area contributed by atoms with Crippen LogP contribution < -0.4 is 5.32 Å². The minimum atomic E-state index is 0.686. The fourth-order valence-electron chi connectivity index (χ4n) is 2.91. The molecule has 3 heteroatoms. The Morgan fingerprint density at radius 3 is 2.85 bits per heavy atom. The Labute approximate surface area is 123 Å². The second-order valence-corrected chi connectivity index (χ2v) is 6.13. The molecule has 1 aromatic rings. The van der Waals surface area contributed by atoms with E-state index in [0.717, 1.165) is 19.0 Å². The molecule has 0 radical (unpaired) electrons. The lowest BCUT2D eigenvalue weighted by molar-refractivity contribution is 0.185. The van der Waals surface area contributed by atoms with Crippen LogP contribution in [0.1, 0.15) is 31.4 Å². The highest BCUT2D eigenvalue weighted by atomic mass is 16.5. The van der Waals surface area contributed by atoms with E-state index < -0.39 is 0 Å². The molecule has 1 unspecified atom stereocenters. The summed E-state index contributed by atoms with van der Waals surface area (Å²) in [4.78, 5) is 2.57. The third-order valence-electron chi connectivity index (χ3n) is 4.11. The van der Waals surface area contributed by atoms with Gasteiger partial charge in [-0.25, -0.2) is 0 Å². The molecule has 1 heterocycles. The Morgan fingerprint density at radius 1 is 1.35 bits per heavy atom. The van der Waals surface area contributed by atoms with E-state index in [4.69, 9.17) is 4.74 Å². The van der Waals surface area contributed by atoms with Crippen LogP contribution in [0.3, 0.4) is 0 Å². The number of methoxy groups -OCH3 is 1. The molecule has 1 atom stereocenters. The van der Waals surface area contributed by atoms with E-state index in [1.807, 2.05) is 0 Å². The molecular weight excluding hydrogens is 248 g/mol. The lowest BCUT2D eigenvalue weighted by Gasteiger charge is -2.20. The van der Waals surface area contributed by atoms with Crippen LogP contribution in [0.2, 0.25) is 0 Å². The van der Waals surface area contributed by atoms with Gasteiger partial charge in [0.2, 0.25) is 0 Å². The molecule has 0 amide bonds. The Balaban J connectivity index is 1.72. The first-order valence-electron chi connectivity index (χ1n) is 7.70. The molecule has 0 bridgehead atoms. The smallest absolute Gasteiger partial charge is 0.0713 e. The molecule has 1 aliphatic heterocycles. The van der Waals surface area contributed by atoms with Crippen LogP contribution in [0, 0.1) is 5.92 Å². The van der Waals surface area contributed by atoms with Gasteiger partial charge in [0.05, 0.1) is 6.61 Å². The summed E-state index contributed by atoms with van der Waals surface area (Å²) >= 11 is 0. The van der Waals surface area contributed by atoms with E-state index in [-0.39, 0.29) is 0 Å². The predicted octanol–water partition coefficient (Wildman–Crippen LogP) is 2.65. The van der Waals surface area contributed by atoms with Crippen molar-refractivity contribution in [2.75, 3.05) is 26.7 Å². The summed E-state index contributed by atoms with van der Waals surface area (Å²) in [6.07, 6.45) is 1.33. The minimum absolute atomic E-state index is 0.686. The molecule has 112 valence electrons. The van der Waals surface area contributed by atoms with Gasteiger partial charge in [-0.05, 0) is 50.4 Å². The molecule has 3 nitrogen and oxygen atoms in total. The minimum Gasteiger partial charge on any atom is -0.380 e. The van der Waals surface area contributed by atoms with Gasteiger partial charge in [-0.15, -0.1) is 0 Å². The highest BCUT2D eigenvalue weighted by Gasteiger charge is 2.23. The molecule has 1 N–H and O–H groups in total. The van der Waals surface area contributed by atoms with Gasteiger partial charge < -0.3 is 15.0 Å². The van der Waals surface area contributed by atoms with Crippen LogP contribution in [0.15, 0.2) is 24.3 Å². The van der Waals surface area contributed by atoms with Gasteiger partial charge in [-0.3, -0.25) is 0 Å². The van der Waals surface area contributed by atoms with Crippen molar-refractivity contribution in [1.29, 1.82) is 0 Å². The SMILES string of the molecule is COCc1cccc(CNCC2CCN(C(C)C)C2)c1. The number of nitrogens with zero attached hydrogens (tertiary/aromatic N) is 1. The maximum absolute atomic E-state index is 5.18. The average Bonchev–Trinajstić information content (AvgIpc) is 2.89. The summed E-state index contributed by atoms with van der Waals surface area (Å²) in [5, 5.41) is 3.60. The Morgan fingerprint density at radius 2 is 2.15 bits per heavy atom. The van der Waals surface area contributed by atoms with E-state index in [9.17, 15) is 0 Å². The third kappa shape index (κ3) is 4.58. The molecular formula is C17H28N2O. The van der Waals surface area contributed by atoms with E-state index in [0.29, 0.717) is 12.6 Å². The topological polar surface area (TPSA) is 24.5 Å². The maximum atomic E-state index is 5.18. The van der Waals surface area contributed by atoms with Crippen molar-refractivity contribution in [3.8, 4) is 0 Å². The zero-order chi connectivity index (χ0) is 14.4. The first-order valence-corrected chi connectivity index (χ1v) is 7.70. The zero-order valence-electron chi connectivity index (χ0n) is 13.1. The number of benzene rings is 1. The van der Waals surface area contributed by atoms with Crippen LogP contribution in [-0.2, 0) is 17.9 Å². The number of rotatable bonds is 7. The highest BCUT2D eigenvalue weighted by Crippen LogP contribution is 2.17. The van der Waals surface area contributed by atoms with E-state index >= 15 is 0 Å². The molecule has 0 spiro atoms. The van der Waals surface area contributed by atoms with Crippen LogP contribution in [0.25, 0.3) is 0 Å². The lowest BCUT2D eigenvalue weighted by Crippen LogP contribution is -2.30. The average molecular weight is 276 g/mol. The molecule has 1 aliphatic rings. The zero-order valence-corrected chi connectivity index (χ0v) is 13.1. The van der Waals surface area contributed by atoms with Gasteiger partial charge in [0.15, 0.2) is 0 Å². The van der Waals surface area contributed by atoms with Gasteiger partial charge >= 0.3 is 0 Å².